The molecule has 1 unspecified atom stereocenters. The minimum atomic E-state index is -1.83. The minimum Gasteiger partial charge on any atom is -0.409 e. The summed E-state index contributed by atoms with van der Waals surface area (Å²) in [5.41, 5.74) is 1.14. The van der Waals surface area contributed by atoms with Crippen molar-refractivity contribution in [2.45, 2.75) is 51.4 Å². The summed E-state index contributed by atoms with van der Waals surface area (Å²) in [4.78, 5) is 0. The average Bonchev–Trinajstić information content (AvgIpc) is 2.27. The molecule has 0 aliphatic carbocycles. The Morgan fingerprint density at radius 2 is 1.89 bits per heavy atom. The van der Waals surface area contributed by atoms with Crippen molar-refractivity contribution in [1.29, 1.82) is 0 Å². The fourth-order valence-electron chi connectivity index (χ4n) is 1.59. The molecule has 0 bridgehead atoms. The summed E-state index contributed by atoms with van der Waals surface area (Å²) in [7, 11) is -1.83. The molecule has 1 rings (SSSR count). The fraction of sp³-hybridized carbons (Fsp3) is 0.500. The van der Waals surface area contributed by atoms with Gasteiger partial charge in [-0.1, -0.05) is 54.9 Å². The maximum atomic E-state index is 6.48. The van der Waals surface area contributed by atoms with Crippen LogP contribution in [0.2, 0.25) is 18.1 Å². The highest BCUT2D eigenvalue weighted by Crippen LogP contribution is 2.41. The average molecular weight is 339 g/mol. The van der Waals surface area contributed by atoms with Crippen LogP contribution >= 0.6 is 15.9 Å². The minimum absolute atomic E-state index is 0.0264. The van der Waals surface area contributed by atoms with E-state index in [2.05, 4.69) is 61.8 Å². The second kappa shape index (κ2) is 6.26. The van der Waals surface area contributed by atoms with Crippen LogP contribution in [0.1, 0.15) is 38.9 Å². The van der Waals surface area contributed by atoms with Crippen LogP contribution in [0, 0.1) is 12.3 Å². The van der Waals surface area contributed by atoms with Gasteiger partial charge in [-0.25, -0.2) is 0 Å². The lowest BCUT2D eigenvalue weighted by atomic mass is 10.1. The summed E-state index contributed by atoms with van der Waals surface area (Å²) in [6, 6.07) is 8.15. The molecule has 19 heavy (non-hydrogen) atoms. The van der Waals surface area contributed by atoms with Gasteiger partial charge in [0.15, 0.2) is 8.32 Å². The maximum Gasteiger partial charge on any atom is 0.192 e. The zero-order chi connectivity index (χ0) is 14.7. The van der Waals surface area contributed by atoms with Crippen molar-refractivity contribution < 1.29 is 4.43 Å². The summed E-state index contributed by atoms with van der Waals surface area (Å²) in [5, 5.41) is 0.182. The van der Waals surface area contributed by atoms with Gasteiger partial charge in [0.05, 0.1) is 6.10 Å². The van der Waals surface area contributed by atoms with Gasteiger partial charge in [-0.15, -0.1) is 12.3 Å². The van der Waals surface area contributed by atoms with E-state index in [1.165, 1.54) is 0 Å². The Bertz CT molecular complexity index is 468. The first-order valence-corrected chi connectivity index (χ1v) is 10.2. The fourth-order valence-corrected chi connectivity index (χ4v) is 3.41. The summed E-state index contributed by atoms with van der Waals surface area (Å²) < 4.78 is 7.54. The highest BCUT2D eigenvalue weighted by atomic mass is 79.9. The highest BCUT2D eigenvalue weighted by Gasteiger charge is 2.39. The van der Waals surface area contributed by atoms with Gasteiger partial charge in [0.25, 0.3) is 0 Å². The Morgan fingerprint density at radius 3 is 2.37 bits per heavy atom. The first-order chi connectivity index (χ1) is 8.69. The molecule has 0 saturated heterocycles. The lowest BCUT2D eigenvalue weighted by molar-refractivity contribution is 0.188. The Labute approximate surface area is 127 Å². The van der Waals surface area contributed by atoms with E-state index in [-0.39, 0.29) is 11.1 Å². The number of halogens is 1. The van der Waals surface area contributed by atoms with E-state index in [0.29, 0.717) is 6.42 Å². The van der Waals surface area contributed by atoms with Crippen molar-refractivity contribution in [3.8, 4) is 12.3 Å². The summed E-state index contributed by atoms with van der Waals surface area (Å²) in [6.45, 7) is 11.2. The molecule has 0 heterocycles. The first-order valence-electron chi connectivity index (χ1n) is 6.55. The molecule has 1 aromatic carbocycles. The molecule has 0 saturated carbocycles. The van der Waals surface area contributed by atoms with Crippen molar-refractivity contribution >= 4 is 24.2 Å². The Kier molecular flexibility index (Phi) is 5.43. The summed E-state index contributed by atoms with van der Waals surface area (Å²) >= 11 is 3.59. The monoisotopic (exact) mass is 338 g/mol. The zero-order valence-electron chi connectivity index (χ0n) is 12.5. The SMILES string of the molecule is C#CCC(O[Si](C)(C)C(C)(C)C)c1ccccc1Br. The number of hydrogen-bond acceptors (Lipinski definition) is 1. The van der Waals surface area contributed by atoms with Gasteiger partial charge in [0, 0.05) is 10.9 Å². The van der Waals surface area contributed by atoms with Crippen LogP contribution in [0.15, 0.2) is 28.7 Å². The molecule has 0 aliphatic heterocycles. The number of rotatable bonds is 4. The molecule has 0 N–H and O–H groups in total. The Balaban J connectivity index is 3.05. The van der Waals surface area contributed by atoms with Crippen molar-refractivity contribution in [3.63, 3.8) is 0 Å². The van der Waals surface area contributed by atoms with Crippen molar-refractivity contribution in [1.82, 2.24) is 0 Å². The third-order valence-electron chi connectivity index (χ3n) is 3.80. The van der Waals surface area contributed by atoms with Gasteiger partial charge in [-0.3, -0.25) is 0 Å². The van der Waals surface area contributed by atoms with Gasteiger partial charge < -0.3 is 4.43 Å². The third-order valence-corrected chi connectivity index (χ3v) is 9.01. The van der Waals surface area contributed by atoms with Crippen LogP contribution in [0.25, 0.3) is 0 Å². The number of terminal acetylenes is 1. The molecule has 0 aromatic heterocycles. The molecule has 3 heteroatoms. The first kappa shape index (κ1) is 16.5. The van der Waals surface area contributed by atoms with Gasteiger partial charge >= 0.3 is 0 Å². The second-order valence-corrected chi connectivity index (χ2v) is 11.9. The van der Waals surface area contributed by atoms with Gasteiger partial charge in [0.1, 0.15) is 0 Å². The number of hydrogen-bond donors (Lipinski definition) is 0. The molecule has 0 amide bonds. The normalized spacial score (nSPS) is 13.9. The second-order valence-electron chi connectivity index (χ2n) is 6.30. The molecule has 1 aromatic rings. The third kappa shape index (κ3) is 4.20. The van der Waals surface area contributed by atoms with E-state index >= 15 is 0 Å². The van der Waals surface area contributed by atoms with Crippen LogP contribution in [0.5, 0.6) is 0 Å². The predicted molar refractivity (Wildman–Crippen MR) is 88.6 cm³/mol. The zero-order valence-corrected chi connectivity index (χ0v) is 15.0. The predicted octanol–water partition coefficient (Wildman–Crippen LogP) is 5.54. The molecule has 0 fully saturated rings. The molecule has 1 atom stereocenters. The maximum absolute atomic E-state index is 6.48. The highest BCUT2D eigenvalue weighted by molar-refractivity contribution is 9.10. The molecular formula is C16H23BrOSi. The van der Waals surface area contributed by atoms with Gasteiger partial charge in [-0.2, -0.15) is 0 Å². The smallest absolute Gasteiger partial charge is 0.192 e. The quantitative estimate of drug-likeness (QED) is 0.517. The van der Waals surface area contributed by atoms with Crippen LogP contribution < -0.4 is 0 Å². The topological polar surface area (TPSA) is 9.23 Å². The van der Waals surface area contributed by atoms with Crippen LogP contribution in [0.3, 0.4) is 0 Å². The molecule has 0 aliphatic rings. The van der Waals surface area contributed by atoms with Gasteiger partial charge in [0.2, 0.25) is 0 Å². The number of benzene rings is 1. The largest absolute Gasteiger partial charge is 0.409 e. The van der Waals surface area contributed by atoms with E-state index in [1.807, 2.05) is 18.2 Å². The standard InChI is InChI=1S/C16H23BrOSi/c1-7-10-15(13-11-8-9-12-14(13)17)18-19(5,6)16(2,3)4/h1,8-9,11-12,15H,10H2,2-6H3. The summed E-state index contributed by atoms with van der Waals surface area (Å²) in [5.74, 6) is 2.74. The lowest BCUT2D eigenvalue weighted by Gasteiger charge is -2.39. The molecule has 1 nitrogen and oxygen atoms in total. The Hall–Kier alpha value is -0.563. The Morgan fingerprint density at radius 1 is 1.32 bits per heavy atom. The molecular weight excluding hydrogens is 316 g/mol. The molecule has 0 radical (unpaired) electrons. The van der Waals surface area contributed by atoms with E-state index in [9.17, 15) is 0 Å². The van der Waals surface area contributed by atoms with Crippen molar-refractivity contribution in [3.05, 3.63) is 34.3 Å². The van der Waals surface area contributed by atoms with Crippen molar-refractivity contribution in [2.24, 2.45) is 0 Å². The van der Waals surface area contributed by atoms with Crippen LogP contribution in [-0.2, 0) is 4.43 Å². The van der Waals surface area contributed by atoms with E-state index in [0.717, 1.165) is 10.0 Å². The molecule has 0 spiro atoms. The van der Waals surface area contributed by atoms with Crippen LogP contribution in [0.4, 0.5) is 0 Å². The van der Waals surface area contributed by atoms with E-state index in [4.69, 9.17) is 10.8 Å². The molecule has 104 valence electrons. The van der Waals surface area contributed by atoms with Crippen LogP contribution in [-0.4, -0.2) is 8.32 Å². The van der Waals surface area contributed by atoms with Crippen molar-refractivity contribution in [2.75, 3.05) is 0 Å². The lowest BCUT2D eigenvalue weighted by Crippen LogP contribution is -2.41. The van der Waals surface area contributed by atoms with E-state index in [1.54, 1.807) is 0 Å². The van der Waals surface area contributed by atoms with E-state index < -0.39 is 8.32 Å². The van der Waals surface area contributed by atoms with Gasteiger partial charge in [-0.05, 0) is 29.8 Å². The summed E-state index contributed by atoms with van der Waals surface area (Å²) in [6.07, 6.45) is 6.09.